The van der Waals surface area contributed by atoms with Gasteiger partial charge in [0.1, 0.15) is 5.82 Å². The van der Waals surface area contributed by atoms with E-state index in [0.29, 0.717) is 6.54 Å². The van der Waals surface area contributed by atoms with Crippen molar-refractivity contribution in [1.29, 1.82) is 0 Å². The van der Waals surface area contributed by atoms with E-state index in [4.69, 9.17) is 10.2 Å². The molecule has 22 heavy (non-hydrogen) atoms. The van der Waals surface area contributed by atoms with Crippen LogP contribution in [0.2, 0.25) is 18.1 Å². The molecular formula is C17H25FN2OSi. The maximum Gasteiger partial charge on any atom is 0.192 e. The number of nitrogens with zero attached hydrogens (tertiary/aromatic N) is 1. The molecule has 0 aliphatic carbocycles. The molecule has 2 N–H and O–H groups in total. The normalized spacial score (nSPS) is 14.3. The fourth-order valence-electron chi connectivity index (χ4n) is 2.23. The molecule has 1 aromatic heterocycles. The number of pyridine rings is 1. The summed E-state index contributed by atoms with van der Waals surface area (Å²) in [6, 6.07) is 4.84. The Labute approximate surface area is 132 Å². The second-order valence-corrected chi connectivity index (χ2v) is 12.0. The Morgan fingerprint density at radius 1 is 1.32 bits per heavy atom. The lowest BCUT2D eigenvalue weighted by Gasteiger charge is -2.39. The van der Waals surface area contributed by atoms with Gasteiger partial charge in [0.15, 0.2) is 8.32 Å². The van der Waals surface area contributed by atoms with E-state index in [-0.39, 0.29) is 17.0 Å². The Balaban J connectivity index is 2.48. The predicted molar refractivity (Wildman–Crippen MR) is 91.8 cm³/mol. The minimum atomic E-state index is -2.00. The average Bonchev–Trinajstić information content (AvgIpc) is 2.42. The molecule has 0 fully saturated rings. The zero-order valence-corrected chi connectivity index (χ0v) is 15.0. The van der Waals surface area contributed by atoms with Gasteiger partial charge in [-0.25, -0.2) is 4.39 Å². The molecule has 0 saturated carbocycles. The first-order chi connectivity index (χ1) is 10.2. The molecule has 0 spiro atoms. The molecule has 5 heteroatoms. The fourth-order valence-corrected chi connectivity index (χ4v) is 3.51. The summed E-state index contributed by atoms with van der Waals surface area (Å²) < 4.78 is 20.4. The first kappa shape index (κ1) is 17.1. The summed E-state index contributed by atoms with van der Waals surface area (Å²) in [5.41, 5.74) is 6.74. The molecular weight excluding hydrogens is 295 g/mol. The largest absolute Gasteiger partial charge is 0.409 e. The molecule has 1 atom stereocenters. The molecule has 0 radical (unpaired) electrons. The van der Waals surface area contributed by atoms with Crippen LogP contribution in [0.25, 0.3) is 10.8 Å². The minimum absolute atomic E-state index is 0.0712. The van der Waals surface area contributed by atoms with E-state index < -0.39 is 8.32 Å². The van der Waals surface area contributed by atoms with Crippen molar-refractivity contribution in [3.8, 4) is 0 Å². The summed E-state index contributed by atoms with van der Waals surface area (Å²) in [5, 5.41) is 1.79. The SMILES string of the molecule is CC(C)(C)[Si](C)(C)OC(CN)c1cc(F)cc2ccncc12. The highest BCUT2D eigenvalue weighted by atomic mass is 28.4. The summed E-state index contributed by atoms with van der Waals surface area (Å²) in [6.07, 6.45) is 3.10. The molecule has 0 amide bonds. The van der Waals surface area contributed by atoms with Crippen LogP contribution in [-0.2, 0) is 4.43 Å². The van der Waals surface area contributed by atoms with Crippen LogP contribution in [0.3, 0.4) is 0 Å². The molecule has 120 valence electrons. The zero-order valence-electron chi connectivity index (χ0n) is 14.0. The van der Waals surface area contributed by atoms with Gasteiger partial charge in [-0.3, -0.25) is 4.98 Å². The molecule has 0 aliphatic rings. The van der Waals surface area contributed by atoms with Crippen molar-refractivity contribution in [3.05, 3.63) is 42.0 Å². The van der Waals surface area contributed by atoms with Crippen molar-refractivity contribution < 1.29 is 8.82 Å². The van der Waals surface area contributed by atoms with Crippen molar-refractivity contribution in [2.75, 3.05) is 6.54 Å². The van der Waals surface area contributed by atoms with Crippen LogP contribution in [0.5, 0.6) is 0 Å². The molecule has 0 bridgehead atoms. The topological polar surface area (TPSA) is 48.1 Å². The third kappa shape index (κ3) is 3.37. The Hall–Kier alpha value is -1.30. The molecule has 0 aliphatic heterocycles. The molecule has 1 unspecified atom stereocenters. The van der Waals surface area contributed by atoms with Gasteiger partial charge in [-0.15, -0.1) is 0 Å². The summed E-state index contributed by atoms with van der Waals surface area (Å²) in [4.78, 5) is 4.16. The van der Waals surface area contributed by atoms with Crippen molar-refractivity contribution in [3.63, 3.8) is 0 Å². The van der Waals surface area contributed by atoms with E-state index in [1.165, 1.54) is 12.1 Å². The Morgan fingerprint density at radius 3 is 2.59 bits per heavy atom. The first-order valence-corrected chi connectivity index (χ1v) is 10.5. The van der Waals surface area contributed by atoms with E-state index in [9.17, 15) is 4.39 Å². The van der Waals surface area contributed by atoms with Crippen LogP contribution in [-0.4, -0.2) is 19.8 Å². The van der Waals surface area contributed by atoms with Crippen molar-refractivity contribution in [2.24, 2.45) is 5.73 Å². The van der Waals surface area contributed by atoms with Gasteiger partial charge in [-0.2, -0.15) is 0 Å². The van der Waals surface area contributed by atoms with E-state index in [1.807, 2.05) is 6.07 Å². The van der Waals surface area contributed by atoms with E-state index >= 15 is 0 Å². The van der Waals surface area contributed by atoms with Crippen molar-refractivity contribution in [1.82, 2.24) is 4.98 Å². The summed E-state index contributed by atoms with van der Waals surface area (Å²) in [5.74, 6) is -0.272. The van der Waals surface area contributed by atoms with Gasteiger partial charge in [0.2, 0.25) is 0 Å². The van der Waals surface area contributed by atoms with Gasteiger partial charge in [-0.1, -0.05) is 20.8 Å². The molecule has 2 aromatic rings. The number of aromatic nitrogens is 1. The van der Waals surface area contributed by atoms with Crippen LogP contribution >= 0.6 is 0 Å². The van der Waals surface area contributed by atoms with E-state index in [1.54, 1.807) is 12.4 Å². The highest BCUT2D eigenvalue weighted by molar-refractivity contribution is 6.74. The average molecular weight is 320 g/mol. The van der Waals surface area contributed by atoms with Gasteiger partial charge in [0, 0.05) is 24.3 Å². The number of fused-ring (bicyclic) bond motifs is 1. The van der Waals surface area contributed by atoms with Crippen LogP contribution in [0.15, 0.2) is 30.6 Å². The first-order valence-electron chi connectivity index (χ1n) is 7.57. The van der Waals surface area contributed by atoms with Gasteiger partial charge < -0.3 is 10.2 Å². The zero-order chi connectivity index (χ0) is 16.5. The summed E-state index contributed by atoms with van der Waals surface area (Å²) >= 11 is 0. The summed E-state index contributed by atoms with van der Waals surface area (Å²) in [7, 11) is -2.00. The van der Waals surface area contributed by atoms with Gasteiger partial charge in [-0.05, 0) is 47.3 Å². The molecule has 0 saturated heterocycles. The van der Waals surface area contributed by atoms with Crippen molar-refractivity contribution in [2.45, 2.75) is 45.0 Å². The van der Waals surface area contributed by atoms with E-state index in [0.717, 1.165) is 16.3 Å². The van der Waals surface area contributed by atoms with Crippen LogP contribution in [0.4, 0.5) is 4.39 Å². The predicted octanol–water partition coefficient (Wildman–Crippen LogP) is 4.40. The number of rotatable bonds is 4. The second kappa shape index (κ2) is 6.06. The third-order valence-corrected chi connectivity index (χ3v) is 9.04. The van der Waals surface area contributed by atoms with Crippen LogP contribution in [0, 0.1) is 5.82 Å². The highest BCUT2D eigenvalue weighted by Gasteiger charge is 2.39. The monoisotopic (exact) mass is 320 g/mol. The lowest BCUT2D eigenvalue weighted by Crippen LogP contribution is -2.43. The second-order valence-electron chi connectivity index (χ2n) is 7.19. The standard InChI is InChI=1S/C17H25FN2OSi/c1-17(2,3)22(4,5)21-16(10-19)14-9-13(18)8-12-6-7-20-11-15(12)14/h6-9,11,16H,10,19H2,1-5H3. The highest BCUT2D eigenvalue weighted by Crippen LogP contribution is 2.40. The molecule has 1 aromatic carbocycles. The number of nitrogens with two attached hydrogens (primary N) is 1. The van der Waals surface area contributed by atoms with Gasteiger partial charge in [0.05, 0.1) is 6.10 Å². The van der Waals surface area contributed by atoms with E-state index in [2.05, 4.69) is 38.8 Å². The molecule has 2 rings (SSSR count). The minimum Gasteiger partial charge on any atom is -0.409 e. The van der Waals surface area contributed by atoms with Crippen LogP contribution in [0.1, 0.15) is 32.4 Å². The van der Waals surface area contributed by atoms with Gasteiger partial charge >= 0.3 is 0 Å². The number of benzene rings is 1. The maximum atomic E-state index is 14.0. The number of hydrogen-bond acceptors (Lipinski definition) is 3. The molecule has 3 nitrogen and oxygen atoms in total. The Morgan fingerprint density at radius 2 is 2.00 bits per heavy atom. The fraction of sp³-hybridized carbons (Fsp3) is 0.471. The maximum absolute atomic E-state index is 14.0. The van der Waals surface area contributed by atoms with Crippen molar-refractivity contribution >= 4 is 19.1 Å². The van der Waals surface area contributed by atoms with Gasteiger partial charge in [0.25, 0.3) is 0 Å². The Bertz CT molecular complexity index is 667. The number of hydrogen-bond donors (Lipinski definition) is 1. The third-order valence-electron chi connectivity index (χ3n) is 4.56. The van der Waals surface area contributed by atoms with Crippen LogP contribution < -0.4 is 5.73 Å². The lowest BCUT2D eigenvalue weighted by atomic mass is 10.0. The molecule has 1 heterocycles. The lowest BCUT2D eigenvalue weighted by molar-refractivity contribution is 0.192. The number of halogens is 1. The Kier molecular flexibility index (Phi) is 4.70. The smallest absolute Gasteiger partial charge is 0.192 e. The quantitative estimate of drug-likeness (QED) is 0.850. The summed E-state index contributed by atoms with van der Waals surface area (Å²) in [6.45, 7) is 11.2.